The van der Waals surface area contributed by atoms with Gasteiger partial charge in [-0.15, -0.1) is 5.10 Å². The van der Waals surface area contributed by atoms with Gasteiger partial charge in [-0.1, -0.05) is 24.3 Å². The van der Waals surface area contributed by atoms with Crippen LogP contribution in [0, 0.1) is 0 Å². The van der Waals surface area contributed by atoms with Crippen molar-refractivity contribution >= 4 is 22.6 Å². The molecule has 1 fully saturated rings. The van der Waals surface area contributed by atoms with Crippen molar-refractivity contribution in [3.05, 3.63) is 60.4 Å². The minimum absolute atomic E-state index is 0.142. The molecule has 25 heavy (non-hydrogen) atoms. The molecule has 1 aromatic carbocycles. The zero-order valence-corrected chi connectivity index (χ0v) is 13.8. The van der Waals surface area contributed by atoms with Gasteiger partial charge in [-0.05, 0) is 37.1 Å². The molecule has 4 rings (SSSR count). The molecule has 0 saturated carbocycles. The number of anilines is 1. The van der Waals surface area contributed by atoms with E-state index in [4.69, 9.17) is 0 Å². The van der Waals surface area contributed by atoms with Crippen molar-refractivity contribution in [3.8, 4) is 0 Å². The summed E-state index contributed by atoms with van der Waals surface area (Å²) in [4.78, 5) is 19.1. The molecule has 126 valence electrons. The molecule has 0 aliphatic carbocycles. The van der Waals surface area contributed by atoms with E-state index in [1.807, 2.05) is 42.5 Å². The molecule has 1 saturated heterocycles. The van der Waals surface area contributed by atoms with Crippen molar-refractivity contribution in [3.63, 3.8) is 0 Å². The van der Waals surface area contributed by atoms with Gasteiger partial charge < -0.3 is 10.2 Å². The van der Waals surface area contributed by atoms with E-state index in [-0.39, 0.29) is 11.9 Å². The highest BCUT2D eigenvalue weighted by Gasteiger charge is 2.26. The number of para-hydroxylation sites is 1. The number of hydrogen-bond donors (Lipinski definition) is 1. The van der Waals surface area contributed by atoms with Crippen molar-refractivity contribution in [1.82, 2.24) is 20.5 Å². The molecule has 1 atom stereocenters. The molecule has 0 radical (unpaired) electrons. The summed E-state index contributed by atoms with van der Waals surface area (Å²) in [5.74, 6) is 0.722. The Balaban J connectivity index is 1.44. The van der Waals surface area contributed by atoms with Gasteiger partial charge in [0.15, 0.2) is 5.82 Å². The van der Waals surface area contributed by atoms with Crippen molar-refractivity contribution < 1.29 is 4.79 Å². The number of carbonyl (C=O) groups excluding carboxylic acids is 1. The van der Waals surface area contributed by atoms with Crippen LogP contribution in [0.4, 0.5) is 5.82 Å². The van der Waals surface area contributed by atoms with E-state index in [0.29, 0.717) is 12.2 Å². The number of rotatable bonds is 4. The lowest BCUT2D eigenvalue weighted by atomic mass is 10.2. The van der Waals surface area contributed by atoms with Gasteiger partial charge >= 0.3 is 0 Å². The minimum Gasteiger partial charge on any atom is -0.350 e. The minimum atomic E-state index is -0.142. The van der Waals surface area contributed by atoms with Crippen LogP contribution in [-0.2, 0) is 0 Å². The summed E-state index contributed by atoms with van der Waals surface area (Å²) in [7, 11) is 0. The van der Waals surface area contributed by atoms with Crippen LogP contribution in [0.3, 0.4) is 0 Å². The van der Waals surface area contributed by atoms with Gasteiger partial charge in [-0.2, -0.15) is 5.10 Å². The van der Waals surface area contributed by atoms with Crippen molar-refractivity contribution in [1.29, 1.82) is 0 Å². The van der Waals surface area contributed by atoms with E-state index in [1.165, 1.54) is 0 Å². The number of nitrogens with zero attached hydrogens (tertiary/aromatic N) is 4. The normalized spacial score (nSPS) is 17.0. The van der Waals surface area contributed by atoms with Crippen LogP contribution >= 0.6 is 0 Å². The monoisotopic (exact) mass is 333 g/mol. The average Bonchev–Trinajstić information content (AvgIpc) is 3.15. The second kappa shape index (κ2) is 6.84. The number of carbonyl (C=O) groups is 1. The van der Waals surface area contributed by atoms with Crippen LogP contribution in [0.2, 0.25) is 0 Å². The van der Waals surface area contributed by atoms with Gasteiger partial charge in [0, 0.05) is 30.7 Å². The standard InChI is InChI=1S/C19H19N5O/c25-19(17-10-9-14-5-1-2-7-16(14)22-17)20-13-15-6-4-12-24(15)18-8-3-11-21-23-18/h1-3,5,7-11,15H,4,6,12-13H2,(H,20,25)/t15-/m1/s1. The fourth-order valence-corrected chi connectivity index (χ4v) is 3.29. The maximum absolute atomic E-state index is 12.5. The third kappa shape index (κ3) is 3.28. The lowest BCUT2D eigenvalue weighted by molar-refractivity contribution is 0.0946. The molecule has 6 heteroatoms. The molecule has 0 unspecified atom stereocenters. The largest absolute Gasteiger partial charge is 0.350 e. The second-order valence-corrected chi connectivity index (χ2v) is 6.17. The Morgan fingerprint density at radius 3 is 2.96 bits per heavy atom. The highest BCUT2D eigenvalue weighted by Crippen LogP contribution is 2.22. The highest BCUT2D eigenvalue weighted by atomic mass is 16.1. The van der Waals surface area contributed by atoms with Crippen LogP contribution in [0.5, 0.6) is 0 Å². The summed E-state index contributed by atoms with van der Waals surface area (Å²) in [6.07, 6.45) is 3.79. The van der Waals surface area contributed by atoms with Gasteiger partial charge in [-0.25, -0.2) is 4.98 Å². The maximum atomic E-state index is 12.5. The number of aromatic nitrogens is 3. The molecule has 0 spiro atoms. The smallest absolute Gasteiger partial charge is 0.269 e. The predicted molar refractivity (Wildman–Crippen MR) is 96.5 cm³/mol. The number of hydrogen-bond acceptors (Lipinski definition) is 5. The first kappa shape index (κ1) is 15.5. The predicted octanol–water partition coefficient (Wildman–Crippen LogP) is 2.42. The van der Waals surface area contributed by atoms with Crippen LogP contribution in [0.25, 0.3) is 10.9 Å². The summed E-state index contributed by atoms with van der Waals surface area (Å²) in [5.41, 5.74) is 1.28. The SMILES string of the molecule is O=C(NC[C@H]1CCCN1c1cccnn1)c1ccc2ccccc2n1. The molecule has 3 aromatic rings. The summed E-state index contributed by atoms with van der Waals surface area (Å²) < 4.78 is 0. The number of benzene rings is 1. The van der Waals surface area contributed by atoms with Gasteiger partial charge in [0.1, 0.15) is 5.69 Å². The van der Waals surface area contributed by atoms with Gasteiger partial charge in [0.25, 0.3) is 5.91 Å². The van der Waals surface area contributed by atoms with Crippen molar-refractivity contribution in [2.75, 3.05) is 18.0 Å². The highest BCUT2D eigenvalue weighted by molar-refractivity contribution is 5.94. The van der Waals surface area contributed by atoms with Crippen molar-refractivity contribution in [2.24, 2.45) is 0 Å². The lowest BCUT2D eigenvalue weighted by Gasteiger charge is -2.25. The zero-order valence-electron chi connectivity index (χ0n) is 13.8. The average molecular weight is 333 g/mol. The molecule has 1 aliphatic rings. The fraction of sp³-hybridized carbons (Fsp3) is 0.263. The third-order valence-corrected chi connectivity index (χ3v) is 4.56. The van der Waals surface area contributed by atoms with Crippen LogP contribution in [0.1, 0.15) is 23.3 Å². The van der Waals surface area contributed by atoms with E-state index in [9.17, 15) is 4.79 Å². The second-order valence-electron chi connectivity index (χ2n) is 6.17. The van der Waals surface area contributed by atoms with E-state index >= 15 is 0 Å². The van der Waals surface area contributed by atoms with E-state index in [2.05, 4.69) is 25.4 Å². The molecular formula is C19H19N5O. The molecule has 2 aromatic heterocycles. The molecular weight excluding hydrogens is 314 g/mol. The summed E-state index contributed by atoms with van der Waals surface area (Å²) >= 11 is 0. The van der Waals surface area contributed by atoms with Gasteiger partial charge in [0.2, 0.25) is 0 Å². The molecule has 1 aliphatic heterocycles. The molecule has 0 bridgehead atoms. The van der Waals surface area contributed by atoms with Crippen LogP contribution in [0.15, 0.2) is 54.7 Å². The Kier molecular flexibility index (Phi) is 4.24. The molecule has 3 heterocycles. The summed E-state index contributed by atoms with van der Waals surface area (Å²) in [5, 5.41) is 12.2. The first-order chi connectivity index (χ1) is 12.3. The fourth-order valence-electron chi connectivity index (χ4n) is 3.29. The summed E-state index contributed by atoms with van der Waals surface area (Å²) in [6.45, 7) is 1.51. The van der Waals surface area contributed by atoms with E-state index in [1.54, 1.807) is 12.3 Å². The number of fused-ring (bicyclic) bond motifs is 1. The lowest BCUT2D eigenvalue weighted by Crippen LogP contribution is -2.40. The molecule has 6 nitrogen and oxygen atoms in total. The topological polar surface area (TPSA) is 71.0 Å². The number of nitrogens with one attached hydrogen (secondary N) is 1. The molecule has 1 amide bonds. The van der Waals surface area contributed by atoms with Gasteiger partial charge in [-0.3, -0.25) is 4.79 Å². The number of pyridine rings is 1. The number of amides is 1. The Labute approximate surface area is 145 Å². The van der Waals surface area contributed by atoms with Crippen LogP contribution < -0.4 is 10.2 Å². The Bertz CT molecular complexity index is 883. The Morgan fingerprint density at radius 1 is 1.16 bits per heavy atom. The maximum Gasteiger partial charge on any atom is 0.269 e. The molecule has 1 N–H and O–H groups in total. The quantitative estimate of drug-likeness (QED) is 0.794. The van der Waals surface area contributed by atoms with Gasteiger partial charge in [0.05, 0.1) is 5.52 Å². The van der Waals surface area contributed by atoms with Crippen molar-refractivity contribution in [2.45, 2.75) is 18.9 Å². The Hall–Kier alpha value is -3.02. The first-order valence-corrected chi connectivity index (χ1v) is 8.49. The first-order valence-electron chi connectivity index (χ1n) is 8.49. The van der Waals surface area contributed by atoms with Crippen LogP contribution in [-0.4, -0.2) is 40.2 Å². The third-order valence-electron chi connectivity index (χ3n) is 4.56. The Morgan fingerprint density at radius 2 is 2.08 bits per heavy atom. The zero-order chi connectivity index (χ0) is 17.1. The van der Waals surface area contributed by atoms with E-state index < -0.39 is 0 Å². The summed E-state index contributed by atoms with van der Waals surface area (Å²) in [6, 6.07) is 15.6. The van der Waals surface area contributed by atoms with E-state index in [0.717, 1.165) is 36.1 Å².